The van der Waals surface area contributed by atoms with E-state index in [4.69, 9.17) is 0 Å². The zero-order chi connectivity index (χ0) is 20.7. The molecule has 8 heteroatoms. The van der Waals surface area contributed by atoms with Crippen molar-refractivity contribution in [1.29, 1.82) is 0 Å². The topological polar surface area (TPSA) is 99.3 Å². The van der Waals surface area contributed by atoms with Crippen LogP contribution in [0.2, 0.25) is 0 Å². The first kappa shape index (κ1) is 21.6. The molecule has 8 nitrogen and oxygen atoms in total. The number of hydrogen-bond acceptors (Lipinski definition) is 8. The summed E-state index contributed by atoms with van der Waals surface area (Å²) in [7, 11) is 0. The molecule has 2 N–H and O–H groups in total. The van der Waals surface area contributed by atoms with Crippen LogP contribution in [-0.4, -0.2) is 87.2 Å². The van der Waals surface area contributed by atoms with Gasteiger partial charge >= 0.3 is 0 Å². The molecule has 3 rings (SSSR count). The summed E-state index contributed by atoms with van der Waals surface area (Å²) in [6, 6.07) is 11.7. The van der Waals surface area contributed by atoms with Crippen molar-refractivity contribution < 1.29 is 0 Å². The predicted molar refractivity (Wildman–Crippen MR) is 124 cm³/mol. The minimum absolute atomic E-state index is 0.693. The third-order valence-electron chi connectivity index (χ3n) is 4.15. The number of pyridine rings is 2. The van der Waals surface area contributed by atoms with Crippen molar-refractivity contribution in [3.63, 3.8) is 0 Å². The highest BCUT2D eigenvalue weighted by molar-refractivity contribution is 5.82. The molecular formula is C22H28N8. The van der Waals surface area contributed by atoms with E-state index >= 15 is 0 Å². The van der Waals surface area contributed by atoms with Crippen LogP contribution in [0.3, 0.4) is 0 Å². The summed E-state index contributed by atoms with van der Waals surface area (Å²) < 4.78 is 0. The van der Waals surface area contributed by atoms with Crippen molar-refractivity contribution in [1.82, 2.24) is 20.6 Å². The molecule has 2 aromatic heterocycles. The van der Waals surface area contributed by atoms with Gasteiger partial charge in [-0.1, -0.05) is 12.1 Å². The highest BCUT2D eigenvalue weighted by Gasteiger charge is 1.95. The van der Waals surface area contributed by atoms with Gasteiger partial charge in [0.25, 0.3) is 0 Å². The number of aliphatic imine (C=N–C) groups is 4. The van der Waals surface area contributed by atoms with Crippen molar-refractivity contribution in [3.8, 4) is 0 Å². The van der Waals surface area contributed by atoms with Crippen LogP contribution < -0.4 is 10.6 Å². The monoisotopic (exact) mass is 404 g/mol. The number of aromatic nitrogens is 2. The summed E-state index contributed by atoms with van der Waals surface area (Å²) in [4.78, 5) is 26.8. The van der Waals surface area contributed by atoms with Crippen LogP contribution in [0.15, 0.2) is 56.4 Å². The number of nitrogens with one attached hydrogen (secondary N) is 2. The van der Waals surface area contributed by atoms with Crippen molar-refractivity contribution in [2.24, 2.45) is 20.0 Å². The van der Waals surface area contributed by atoms with Crippen LogP contribution in [0.4, 0.5) is 0 Å². The van der Waals surface area contributed by atoms with Gasteiger partial charge in [-0.05, 0) is 24.3 Å². The first-order chi connectivity index (χ1) is 14.9. The van der Waals surface area contributed by atoms with Gasteiger partial charge < -0.3 is 10.6 Å². The molecule has 0 saturated carbocycles. The van der Waals surface area contributed by atoms with Gasteiger partial charge in [0.1, 0.15) is 0 Å². The lowest BCUT2D eigenvalue weighted by Gasteiger charge is -2.01. The Morgan fingerprint density at radius 1 is 0.467 bits per heavy atom. The third-order valence-corrected chi connectivity index (χ3v) is 4.15. The molecule has 1 aliphatic rings. The fraction of sp³-hybridized carbons (Fsp3) is 0.364. The molecule has 0 amide bonds. The molecule has 0 radical (unpaired) electrons. The normalized spacial score (nSPS) is 16.8. The van der Waals surface area contributed by atoms with Crippen molar-refractivity contribution in [2.45, 2.75) is 0 Å². The van der Waals surface area contributed by atoms with E-state index in [-0.39, 0.29) is 0 Å². The molecule has 30 heavy (non-hydrogen) atoms. The molecule has 0 aliphatic carbocycles. The average Bonchev–Trinajstić information content (AvgIpc) is 2.77. The Balaban J connectivity index is 1.58. The molecule has 0 fully saturated rings. The fourth-order valence-electron chi connectivity index (χ4n) is 2.68. The first-order valence-electron chi connectivity index (χ1n) is 10.2. The Labute approximate surface area is 177 Å². The lowest BCUT2D eigenvalue weighted by molar-refractivity contribution is 0.698. The van der Waals surface area contributed by atoms with Gasteiger partial charge in [0, 0.05) is 51.0 Å². The second-order valence-corrected chi connectivity index (χ2v) is 6.62. The molecule has 1 aliphatic heterocycles. The van der Waals surface area contributed by atoms with Crippen LogP contribution in [-0.2, 0) is 0 Å². The van der Waals surface area contributed by atoms with Gasteiger partial charge in [-0.25, -0.2) is 9.97 Å². The smallest absolute Gasteiger partial charge is 0.0815 e. The zero-order valence-corrected chi connectivity index (χ0v) is 17.1. The maximum absolute atomic E-state index is 4.53. The molecule has 0 saturated heterocycles. The molecule has 3 heterocycles. The predicted octanol–water partition coefficient (Wildman–Crippen LogP) is 1.05. The summed E-state index contributed by atoms with van der Waals surface area (Å²) in [5.41, 5.74) is 3.35. The number of hydrogen-bond donors (Lipinski definition) is 2. The largest absolute Gasteiger partial charge is 0.313 e. The SMILES string of the molecule is C1=NCCNCCN=Cc2cccc(n2)C=NCCNCCN=Cc2cccc1n2. The van der Waals surface area contributed by atoms with E-state index in [1.165, 1.54) is 0 Å². The average molecular weight is 405 g/mol. The molecule has 0 aromatic carbocycles. The lowest BCUT2D eigenvalue weighted by atomic mass is 10.3. The van der Waals surface area contributed by atoms with E-state index in [0.717, 1.165) is 49.0 Å². The van der Waals surface area contributed by atoms with Crippen LogP contribution in [0.25, 0.3) is 0 Å². The van der Waals surface area contributed by atoms with Crippen LogP contribution in [0, 0.1) is 0 Å². The van der Waals surface area contributed by atoms with E-state index in [9.17, 15) is 0 Å². The Bertz CT molecular complexity index is 752. The summed E-state index contributed by atoms with van der Waals surface area (Å²) in [6.07, 6.45) is 7.21. The first-order valence-corrected chi connectivity index (χ1v) is 10.2. The number of rotatable bonds is 0. The Kier molecular flexibility index (Phi) is 9.49. The van der Waals surface area contributed by atoms with Gasteiger partial charge in [-0.3, -0.25) is 20.0 Å². The van der Waals surface area contributed by atoms with E-state index in [1.54, 1.807) is 24.9 Å². The molecule has 0 unspecified atom stereocenters. The second kappa shape index (κ2) is 13.2. The van der Waals surface area contributed by atoms with E-state index in [0.29, 0.717) is 26.2 Å². The highest BCUT2D eigenvalue weighted by Crippen LogP contribution is 1.96. The second-order valence-electron chi connectivity index (χ2n) is 6.62. The van der Waals surface area contributed by atoms with Crippen molar-refractivity contribution in [2.75, 3.05) is 52.4 Å². The van der Waals surface area contributed by atoms with Gasteiger partial charge in [0.05, 0.1) is 49.0 Å². The Morgan fingerprint density at radius 3 is 1.07 bits per heavy atom. The van der Waals surface area contributed by atoms with Gasteiger partial charge in [0.2, 0.25) is 0 Å². The molecule has 156 valence electrons. The summed E-state index contributed by atoms with van der Waals surface area (Å²) in [6.45, 7) is 5.96. The Morgan fingerprint density at radius 2 is 0.767 bits per heavy atom. The number of nitrogens with zero attached hydrogens (tertiary/aromatic N) is 6. The van der Waals surface area contributed by atoms with E-state index < -0.39 is 0 Å². The van der Waals surface area contributed by atoms with E-state index in [2.05, 4.69) is 40.6 Å². The quantitative estimate of drug-likeness (QED) is 0.685. The lowest BCUT2D eigenvalue weighted by Crippen LogP contribution is -2.21. The third kappa shape index (κ3) is 8.50. The standard InChI is InChI=1S/C22H28N8/c1-3-19-15-25-11-7-23-9-13-27-17-21-5-2-6-22(30-21)18-28-14-10-24-8-12-26-16-20(4-1)29-19/h1-6,15-18,23-24H,7-14H2. The fourth-order valence-corrected chi connectivity index (χ4v) is 2.68. The molecule has 0 atom stereocenters. The molecule has 0 spiro atoms. The maximum Gasteiger partial charge on any atom is 0.0815 e. The summed E-state index contributed by atoms with van der Waals surface area (Å²) in [5.74, 6) is 0. The maximum atomic E-state index is 4.53. The minimum Gasteiger partial charge on any atom is -0.313 e. The van der Waals surface area contributed by atoms with Gasteiger partial charge in [-0.15, -0.1) is 0 Å². The Hall–Kier alpha value is -3.10. The highest BCUT2D eigenvalue weighted by atomic mass is 14.9. The van der Waals surface area contributed by atoms with Crippen molar-refractivity contribution >= 4 is 24.9 Å². The summed E-state index contributed by atoms with van der Waals surface area (Å²) >= 11 is 0. The minimum atomic E-state index is 0.693. The number of fused-ring (bicyclic) bond motifs is 4. The van der Waals surface area contributed by atoms with E-state index in [1.807, 2.05) is 36.4 Å². The molecule has 2 aromatic rings. The van der Waals surface area contributed by atoms with Crippen LogP contribution in [0.1, 0.15) is 22.8 Å². The van der Waals surface area contributed by atoms with Gasteiger partial charge in [0.15, 0.2) is 0 Å². The molecular weight excluding hydrogens is 376 g/mol. The van der Waals surface area contributed by atoms with Crippen molar-refractivity contribution in [3.05, 3.63) is 59.2 Å². The summed E-state index contributed by atoms with van der Waals surface area (Å²) in [5, 5.41) is 6.67. The van der Waals surface area contributed by atoms with Crippen LogP contribution >= 0.6 is 0 Å². The van der Waals surface area contributed by atoms with Gasteiger partial charge in [-0.2, -0.15) is 0 Å². The molecule has 4 bridgehead atoms. The van der Waals surface area contributed by atoms with Crippen LogP contribution in [0.5, 0.6) is 0 Å². The zero-order valence-electron chi connectivity index (χ0n) is 17.1.